The average molecular weight is 441 g/mol. The van der Waals surface area contributed by atoms with Gasteiger partial charge in [0.15, 0.2) is 11.0 Å². The quantitative estimate of drug-likeness (QED) is 0.350. The molecule has 0 aliphatic carbocycles. The Kier molecular flexibility index (Phi) is 7.71. The number of hydrogen-bond acceptors (Lipinski definition) is 4. The first-order valence-electron chi connectivity index (χ1n) is 9.77. The van der Waals surface area contributed by atoms with Gasteiger partial charge in [-0.1, -0.05) is 79.7 Å². The lowest BCUT2D eigenvalue weighted by molar-refractivity contribution is 0.0922. The fourth-order valence-electron chi connectivity index (χ4n) is 3.04. The van der Waals surface area contributed by atoms with Crippen molar-refractivity contribution in [2.75, 3.05) is 0 Å². The number of halogens is 1. The number of hydrogen-bond donors (Lipinski definition) is 1. The molecule has 1 N–H and O–H groups in total. The molecule has 3 aromatic rings. The summed E-state index contributed by atoms with van der Waals surface area (Å²) in [6, 6.07) is 16.7. The minimum absolute atomic E-state index is 0.131. The first-order valence-corrected chi connectivity index (χ1v) is 11.1. The molecular weight excluding hydrogens is 416 g/mol. The zero-order valence-corrected chi connectivity index (χ0v) is 18.7. The molecule has 7 heteroatoms. The fraction of sp³-hybridized carbons (Fsp3) is 0.261. The lowest BCUT2D eigenvalue weighted by Crippen LogP contribution is -2.33. The highest BCUT2D eigenvalue weighted by Crippen LogP contribution is 2.29. The van der Waals surface area contributed by atoms with Crippen LogP contribution in [0.5, 0.6) is 0 Å². The predicted octanol–water partition coefficient (Wildman–Crippen LogP) is 5.54. The van der Waals surface area contributed by atoms with Crippen LogP contribution in [0.25, 0.3) is 0 Å². The van der Waals surface area contributed by atoms with E-state index < -0.39 is 0 Å². The SMILES string of the molecule is C=CCn1c(SCc2ccccc2Cl)nnc1[C@H](NC(=O)c1ccccc1)C(C)C. The standard InChI is InChI=1S/C23H25ClN4OS/c1-4-14-28-21(20(16(2)3)25-22(29)17-10-6-5-7-11-17)26-27-23(28)30-15-18-12-8-9-13-19(18)24/h4-13,16,20H,1,14-15H2,2-3H3,(H,25,29)/t20-/m1/s1. The van der Waals surface area contributed by atoms with Crippen molar-refractivity contribution >= 4 is 29.3 Å². The third-order valence-corrected chi connectivity index (χ3v) is 6.02. The Hall–Kier alpha value is -2.57. The van der Waals surface area contributed by atoms with E-state index in [9.17, 15) is 4.79 Å². The van der Waals surface area contributed by atoms with Crippen LogP contribution in [0.1, 0.15) is 41.6 Å². The van der Waals surface area contributed by atoms with Gasteiger partial charge in [-0.15, -0.1) is 16.8 Å². The Morgan fingerprint density at radius 2 is 1.87 bits per heavy atom. The molecule has 2 aromatic carbocycles. The number of carbonyl (C=O) groups is 1. The number of aromatic nitrogens is 3. The van der Waals surface area contributed by atoms with Crippen LogP contribution in [0.2, 0.25) is 5.02 Å². The van der Waals surface area contributed by atoms with Gasteiger partial charge in [0.1, 0.15) is 0 Å². The molecule has 0 bridgehead atoms. The molecule has 0 fully saturated rings. The molecule has 1 aromatic heterocycles. The van der Waals surface area contributed by atoms with E-state index in [1.165, 1.54) is 0 Å². The second-order valence-electron chi connectivity index (χ2n) is 7.18. The minimum atomic E-state index is -0.278. The highest BCUT2D eigenvalue weighted by atomic mass is 35.5. The van der Waals surface area contributed by atoms with Crippen LogP contribution in [-0.2, 0) is 12.3 Å². The topological polar surface area (TPSA) is 59.8 Å². The van der Waals surface area contributed by atoms with Crippen molar-refractivity contribution in [1.29, 1.82) is 0 Å². The van der Waals surface area contributed by atoms with Gasteiger partial charge < -0.3 is 9.88 Å². The molecular formula is C23H25ClN4OS. The summed E-state index contributed by atoms with van der Waals surface area (Å²) in [5.41, 5.74) is 1.66. The smallest absolute Gasteiger partial charge is 0.251 e. The molecule has 156 valence electrons. The number of nitrogens with zero attached hydrogens (tertiary/aromatic N) is 3. The number of carbonyl (C=O) groups excluding carboxylic acids is 1. The predicted molar refractivity (Wildman–Crippen MR) is 123 cm³/mol. The van der Waals surface area contributed by atoms with Gasteiger partial charge in [-0.05, 0) is 29.7 Å². The van der Waals surface area contributed by atoms with Crippen molar-refractivity contribution < 1.29 is 4.79 Å². The number of allylic oxidation sites excluding steroid dienone is 1. The van der Waals surface area contributed by atoms with Gasteiger partial charge in [0.05, 0.1) is 6.04 Å². The third kappa shape index (κ3) is 5.32. The number of thioether (sulfide) groups is 1. The van der Waals surface area contributed by atoms with Crippen LogP contribution in [0.4, 0.5) is 0 Å². The lowest BCUT2D eigenvalue weighted by atomic mass is 10.0. The van der Waals surface area contributed by atoms with E-state index in [2.05, 4.69) is 35.9 Å². The molecule has 0 radical (unpaired) electrons. The van der Waals surface area contributed by atoms with Crippen LogP contribution in [0, 0.1) is 5.92 Å². The molecule has 3 rings (SSSR count). The van der Waals surface area contributed by atoms with E-state index in [1.54, 1.807) is 23.9 Å². The molecule has 1 heterocycles. The van der Waals surface area contributed by atoms with Gasteiger partial charge >= 0.3 is 0 Å². The third-order valence-electron chi connectivity index (χ3n) is 4.64. The number of benzene rings is 2. The molecule has 0 saturated heterocycles. The second kappa shape index (κ2) is 10.5. The number of rotatable bonds is 9. The summed E-state index contributed by atoms with van der Waals surface area (Å²) in [6.07, 6.45) is 1.81. The van der Waals surface area contributed by atoms with E-state index in [0.717, 1.165) is 21.6 Å². The largest absolute Gasteiger partial charge is 0.342 e. The van der Waals surface area contributed by atoms with Crippen molar-refractivity contribution in [2.45, 2.75) is 37.3 Å². The number of amides is 1. The molecule has 1 atom stereocenters. The Labute approximate surface area is 186 Å². The van der Waals surface area contributed by atoms with Gasteiger partial charge in [-0.25, -0.2) is 0 Å². The highest BCUT2D eigenvalue weighted by molar-refractivity contribution is 7.98. The summed E-state index contributed by atoms with van der Waals surface area (Å²) in [7, 11) is 0. The average Bonchev–Trinajstić information content (AvgIpc) is 3.14. The summed E-state index contributed by atoms with van der Waals surface area (Å²) >= 11 is 7.85. The van der Waals surface area contributed by atoms with E-state index in [1.807, 2.05) is 53.1 Å². The summed E-state index contributed by atoms with van der Waals surface area (Å²) in [6.45, 7) is 8.53. The van der Waals surface area contributed by atoms with E-state index in [4.69, 9.17) is 11.6 Å². The van der Waals surface area contributed by atoms with Gasteiger partial charge in [0.2, 0.25) is 0 Å². The van der Waals surface area contributed by atoms with Crippen molar-refractivity contribution in [3.8, 4) is 0 Å². The Bertz CT molecular complexity index is 1000. The Morgan fingerprint density at radius 3 is 2.53 bits per heavy atom. The van der Waals surface area contributed by atoms with Crippen LogP contribution >= 0.6 is 23.4 Å². The molecule has 1 amide bonds. The van der Waals surface area contributed by atoms with Crippen LogP contribution < -0.4 is 5.32 Å². The zero-order chi connectivity index (χ0) is 21.5. The maximum atomic E-state index is 12.7. The summed E-state index contributed by atoms with van der Waals surface area (Å²) in [5, 5.41) is 13.4. The second-order valence-corrected chi connectivity index (χ2v) is 8.53. The van der Waals surface area contributed by atoms with E-state index in [0.29, 0.717) is 17.9 Å². The highest BCUT2D eigenvalue weighted by Gasteiger charge is 2.26. The fourth-order valence-corrected chi connectivity index (χ4v) is 4.28. The zero-order valence-electron chi connectivity index (χ0n) is 17.1. The summed E-state index contributed by atoms with van der Waals surface area (Å²) < 4.78 is 2.00. The number of nitrogens with one attached hydrogen (secondary N) is 1. The first kappa shape index (κ1) is 22.1. The first-order chi connectivity index (χ1) is 14.5. The van der Waals surface area contributed by atoms with Gasteiger partial charge in [-0.2, -0.15) is 0 Å². The summed E-state index contributed by atoms with van der Waals surface area (Å²) in [4.78, 5) is 12.7. The van der Waals surface area contributed by atoms with Crippen molar-refractivity contribution in [2.24, 2.45) is 5.92 Å². The monoisotopic (exact) mass is 440 g/mol. The molecule has 30 heavy (non-hydrogen) atoms. The Balaban J connectivity index is 1.84. The van der Waals surface area contributed by atoms with E-state index >= 15 is 0 Å². The molecule has 0 saturated carbocycles. The molecule has 0 aliphatic rings. The van der Waals surface area contributed by atoms with Crippen molar-refractivity contribution in [1.82, 2.24) is 20.1 Å². The summed E-state index contributed by atoms with van der Waals surface area (Å²) in [5.74, 6) is 1.40. The van der Waals surface area contributed by atoms with E-state index in [-0.39, 0.29) is 17.9 Å². The van der Waals surface area contributed by atoms with Crippen LogP contribution in [-0.4, -0.2) is 20.7 Å². The van der Waals surface area contributed by atoms with Gasteiger partial charge in [0.25, 0.3) is 5.91 Å². The normalized spacial score (nSPS) is 12.0. The van der Waals surface area contributed by atoms with Gasteiger partial charge in [0, 0.05) is 22.9 Å². The molecule has 0 spiro atoms. The molecule has 5 nitrogen and oxygen atoms in total. The van der Waals surface area contributed by atoms with Crippen molar-refractivity contribution in [3.63, 3.8) is 0 Å². The Morgan fingerprint density at radius 1 is 1.17 bits per heavy atom. The lowest BCUT2D eigenvalue weighted by Gasteiger charge is -2.22. The maximum Gasteiger partial charge on any atom is 0.251 e. The van der Waals surface area contributed by atoms with Crippen LogP contribution in [0.15, 0.2) is 72.4 Å². The molecule has 0 unspecified atom stereocenters. The minimum Gasteiger partial charge on any atom is -0.342 e. The maximum absolute atomic E-state index is 12.7. The van der Waals surface area contributed by atoms with Crippen LogP contribution in [0.3, 0.4) is 0 Å². The van der Waals surface area contributed by atoms with Crippen molar-refractivity contribution in [3.05, 3.63) is 89.2 Å². The molecule has 0 aliphatic heterocycles. The van der Waals surface area contributed by atoms with Gasteiger partial charge in [-0.3, -0.25) is 4.79 Å².